The molecule has 0 saturated heterocycles. The topological polar surface area (TPSA) is 77.2 Å². The van der Waals surface area contributed by atoms with Crippen LogP contribution in [-0.4, -0.2) is 31.4 Å². The third kappa shape index (κ3) is 3.29. The number of nitrogens with zero attached hydrogens (tertiary/aromatic N) is 5. The van der Waals surface area contributed by atoms with Crippen LogP contribution in [0.3, 0.4) is 0 Å². The molecule has 24 heavy (non-hydrogen) atoms. The molecular formula is C17H22N6O. The number of hydrogen-bond acceptors (Lipinski definition) is 6. The van der Waals surface area contributed by atoms with Crippen molar-refractivity contribution in [2.75, 3.05) is 11.9 Å². The van der Waals surface area contributed by atoms with Crippen molar-refractivity contribution in [3.8, 4) is 5.88 Å². The molecule has 1 N–H and O–H groups in total. The first-order valence-electron chi connectivity index (χ1n) is 8.02. The van der Waals surface area contributed by atoms with Crippen LogP contribution in [0.4, 0.5) is 5.82 Å². The van der Waals surface area contributed by atoms with E-state index in [4.69, 9.17) is 4.74 Å². The first-order valence-corrected chi connectivity index (χ1v) is 8.02. The van der Waals surface area contributed by atoms with Gasteiger partial charge in [0.1, 0.15) is 5.82 Å². The highest BCUT2D eigenvalue weighted by Gasteiger charge is 2.21. The van der Waals surface area contributed by atoms with Crippen LogP contribution < -0.4 is 10.1 Å². The fourth-order valence-corrected chi connectivity index (χ4v) is 2.36. The van der Waals surface area contributed by atoms with E-state index in [9.17, 15) is 0 Å². The van der Waals surface area contributed by atoms with Crippen LogP contribution in [0, 0.1) is 0 Å². The molecule has 0 fully saturated rings. The summed E-state index contributed by atoms with van der Waals surface area (Å²) in [4.78, 5) is 4.26. The second kappa shape index (κ2) is 6.43. The Morgan fingerprint density at radius 2 is 2.00 bits per heavy atom. The molecule has 0 saturated carbocycles. The Kier molecular flexibility index (Phi) is 4.33. The average Bonchev–Trinajstić information content (AvgIpc) is 2.97. The van der Waals surface area contributed by atoms with Crippen LogP contribution in [0.1, 0.15) is 39.1 Å². The lowest BCUT2D eigenvalue weighted by Crippen LogP contribution is -2.17. The summed E-state index contributed by atoms with van der Waals surface area (Å²) in [6.45, 7) is 9.39. The Bertz CT molecular complexity index is 836. The van der Waals surface area contributed by atoms with Crippen molar-refractivity contribution in [1.82, 2.24) is 24.8 Å². The molecule has 0 atom stereocenters. The minimum Gasteiger partial charge on any atom is -0.478 e. The van der Waals surface area contributed by atoms with E-state index in [-0.39, 0.29) is 5.41 Å². The summed E-state index contributed by atoms with van der Waals surface area (Å²) >= 11 is 0. The minimum absolute atomic E-state index is 0.128. The molecule has 7 heteroatoms. The molecule has 0 unspecified atom stereocenters. The summed E-state index contributed by atoms with van der Waals surface area (Å²) in [5.41, 5.74) is 1.60. The van der Waals surface area contributed by atoms with Gasteiger partial charge in [0.2, 0.25) is 5.88 Å². The maximum absolute atomic E-state index is 5.55. The molecule has 0 aliphatic carbocycles. The Morgan fingerprint density at radius 1 is 1.17 bits per heavy atom. The Hall–Kier alpha value is -2.70. The molecule has 0 bridgehead atoms. The van der Waals surface area contributed by atoms with E-state index in [1.165, 1.54) is 0 Å². The zero-order valence-corrected chi connectivity index (χ0v) is 14.4. The third-order valence-corrected chi connectivity index (χ3v) is 3.52. The van der Waals surface area contributed by atoms with E-state index in [1.807, 2.05) is 31.2 Å². The molecule has 0 spiro atoms. The first-order chi connectivity index (χ1) is 11.5. The third-order valence-electron chi connectivity index (χ3n) is 3.52. The number of ether oxygens (including phenoxy) is 1. The lowest BCUT2D eigenvalue weighted by Gasteiger charge is -2.15. The van der Waals surface area contributed by atoms with Gasteiger partial charge in [-0.1, -0.05) is 26.8 Å². The van der Waals surface area contributed by atoms with E-state index in [2.05, 4.69) is 46.4 Å². The lowest BCUT2D eigenvalue weighted by molar-refractivity contribution is 0.323. The van der Waals surface area contributed by atoms with E-state index < -0.39 is 0 Å². The second-order valence-corrected chi connectivity index (χ2v) is 6.52. The normalized spacial score (nSPS) is 11.7. The molecule has 0 aliphatic heterocycles. The molecule has 0 aliphatic rings. The van der Waals surface area contributed by atoms with Gasteiger partial charge in [-0.25, -0.2) is 4.98 Å². The van der Waals surface area contributed by atoms with Gasteiger partial charge in [0.15, 0.2) is 11.5 Å². The molecule has 126 valence electrons. The predicted molar refractivity (Wildman–Crippen MR) is 92.2 cm³/mol. The van der Waals surface area contributed by atoms with Gasteiger partial charge in [0.25, 0.3) is 0 Å². The summed E-state index contributed by atoms with van der Waals surface area (Å²) in [6.07, 6.45) is 1.73. The van der Waals surface area contributed by atoms with Crippen LogP contribution in [0.15, 0.2) is 30.5 Å². The van der Waals surface area contributed by atoms with Crippen LogP contribution in [0.25, 0.3) is 5.65 Å². The second-order valence-electron chi connectivity index (χ2n) is 6.52. The molecule has 0 radical (unpaired) electrons. The summed E-state index contributed by atoms with van der Waals surface area (Å²) in [7, 11) is 0. The largest absolute Gasteiger partial charge is 0.478 e. The fraction of sp³-hybridized carbons (Fsp3) is 0.412. The molecule has 3 heterocycles. The summed E-state index contributed by atoms with van der Waals surface area (Å²) in [6, 6.07) is 7.69. The highest BCUT2D eigenvalue weighted by molar-refractivity contribution is 5.45. The van der Waals surface area contributed by atoms with Gasteiger partial charge in [-0.15, -0.1) is 15.3 Å². The van der Waals surface area contributed by atoms with Crippen LogP contribution in [0.5, 0.6) is 5.88 Å². The highest BCUT2D eigenvalue weighted by atomic mass is 16.5. The van der Waals surface area contributed by atoms with Crippen LogP contribution in [0.2, 0.25) is 0 Å². The summed E-state index contributed by atoms with van der Waals surface area (Å²) in [5.74, 6) is 2.23. The number of rotatable bonds is 5. The Morgan fingerprint density at radius 3 is 2.75 bits per heavy atom. The molecule has 0 amide bonds. The zero-order chi connectivity index (χ0) is 17.2. The number of pyridine rings is 1. The average molecular weight is 326 g/mol. The van der Waals surface area contributed by atoms with Crippen molar-refractivity contribution in [3.63, 3.8) is 0 Å². The zero-order valence-electron chi connectivity index (χ0n) is 14.4. The van der Waals surface area contributed by atoms with Gasteiger partial charge >= 0.3 is 0 Å². The van der Waals surface area contributed by atoms with Gasteiger partial charge in [-0.05, 0) is 25.1 Å². The highest BCUT2D eigenvalue weighted by Crippen LogP contribution is 2.21. The molecule has 3 rings (SSSR count). The maximum Gasteiger partial charge on any atom is 0.218 e. The van der Waals surface area contributed by atoms with Gasteiger partial charge < -0.3 is 10.1 Å². The van der Waals surface area contributed by atoms with Crippen molar-refractivity contribution >= 4 is 11.5 Å². The molecule has 3 aromatic rings. The fourth-order valence-electron chi connectivity index (χ4n) is 2.36. The predicted octanol–water partition coefficient (Wildman–Crippen LogP) is 2.83. The van der Waals surface area contributed by atoms with Crippen LogP contribution >= 0.6 is 0 Å². The van der Waals surface area contributed by atoms with Gasteiger partial charge in [0.05, 0.1) is 6.61 Å². The van der Waals surface area contributed by atoms with E-state index in [1.54, 1.807) is 10.7 Å². The molecule has 7 nitrogen and oxygen atoms in total. The SMILES string of the molecule is CCOc1ncccc1CNc1ccc2nnc(C(C)(C)C)n2n1. The van der Waals surface area contributed by atoms with Crippen LogP contribution in [-0.2, 0) is 12.0 Å². The molecule has 0 aromatic carbocycles. The first kappa shape index (κ1) is 16.2. The molecular weight excluding hydrogens is 304 g/mol. The van der Waals surface area contributed by atoms with Crippen molar-refractivity contribution < 1.29 is 4.74 Å². The quantitative estimate of drug-likeness (QED) is 0.777. The van der Waals surface area contributed by atoms with E-state index >= 15 is 0 Å². The van der Waals surface area contributed by atoms with Gasteiger partial charge in [-0.2, -0.15) is 4.52 Å². The standard InChI is InChI=1S/C17H22N6O/c1-5-24-15-12(7-6-10-18-15)11-19-13-8-9-14-20-21-16(17(2,3)4)23(14)22-13/h6-10H,5,11H2,1-4H3,(H,19,22). The van der Waals surface area contributed by atoms with Gasteiger partial charge in [0, 0.05) is 23.7 Å². The van der Waals surface area contributed by atoms with Crippen molar-refractivity contribution in [2.24, 2.45) is 0 Å². The number of anilines is 1. The van der Waals surface area contributed by atoms with E-state index in [0.717, 1.165) is 22.9 Å². The van der Waals surface area contributed by atoms with Gasteiger partial charge in [-0.3, -0.25) is 0 Å². The number of aromatic nitrogens is 5. The lowest BCUT2D eigenvalue weighted by atomic mass is 9.96. The minimum atomic E-state index is -0.128. The summed E-state index contributed by atoms with van der Waals surface area (Å²) < 4.78 is 7.34. The van der Waals surface area contributed by atoms with E-state index in [0.29, 0.717) is 19.0 Å². The maximum atomic E-state index is 5.55. The van der Waals surface area contributed by atoms with Crippen molar-refractivity contribution in [3.05, 3.63) is 41.9 Å². The Balaban J connectivity index is 1.83. The smallest absolute Gasteiger partial charge is 0.218 e. The monoisotopic (exact) mass is 326 g/mol. The summed E-state index contributed by atoms with van der Waals surface area (Å²) in [5, 5.41) is 16.4. The number of fused-ring (bicyclic) bond motifs is 1. The molecule has 3 aromatic heterocycles. The Labute approximate surface area is 141 Å². The number of nitrogens with one attached hydrogen (secondary N) is 1. The van der Waals surface area contributed by atoms with Crippen molar-refractivity contribution in [1.29, 1.82) is 0 Å². The van der Waals surface area contributed by atoms with Crippen molar-refractivity contribution in [2.45, 2.75) is 39.7 Å². The number of hydrogen-bond donors (Lipinski definition) is 1.